The van der Waals surface area contributed by atoms with Crippen LogP contribution >= 0.6 is 0 Å². The minimum atomic E-state index is -0.681. The zero-order chi connectivity index (χ0) is 13.8. The second-order valence-corrected chi connectivity index (χ2v) is 4.75. The molecule has 0 aliphatic carbocycles. The van der Waals surface area contributed by atoms with Gasteiger partial charge in [0.2, 0.25) is 0 Å². The molecule has 1 amide bonds. The Labute approximate surface area is 111 Å². The Morgan fingerprint density at radius 3 is 2.79 bits per heavy atom. The van der Waals surface area contributed by atoms with Crippen molar-refractivity contribution in [3.63, 3.8) is 0 Å². The maximum Gasteiger partial charge on any atom is 0.410 e. The van der Waals surface area contributed by atoms with Gasteiger partial charge in [-0.05, 0) is 5.56 Å². The van der Waals surface area contributed by atoms with E-state index < -0.39 is 18.2 Å². The van der Waals surface area contributed by atoms with Crippen molar-refractivity contribution in [2.75, 3.05) is 6.54 Å². The summed E-state index contributed by atoms with van der Waals surface area (Å²) >= 11 is 0. The Morgan fingerprint density at radius 2 is 2.16 bits per heavy atom. The summed E-state index contributed by atoms with van der Waals surface area (Å²) in [6.07, 6.45) is -0.561. The number of β-amino-alcohol motifs (C(OH)–C–C–N with tert-alkyl or cyclic N) is 1. The predicted octanol–water partition coefficient (Wildman–Crippen LogP) is 1.20. The van der Waals surface area contributed by atoms with Gasteiger partial charge in [-0.2, -0.15) is 0 Å². The van der Waals surface area contributed by atoms with Crippen LogP contribution in [0.2, 0.25) is 0 Å². The van der Waals surface area contributed by atoms with Crippen LogP contribution in [0.1, 0.15) is 12.5 Å². The molecule has 0 radical (unpaired) electrons. The molecule has 1 aliphatic rings. The maximum absolute atomic E-state index is 11.9. The zero-order valence-corrected chi connectivity index (χ0v) is 10.7. The van der Waals surface area contributed by atoms with Crippen molar-refractivity contribution < 1.29 is 19.4 Å². The van der Waals surface area contributed by atoms with Crippen LogP contribution < -0.4 is 0 Å². The largest absolute Gasteiger partial charge is 0.445 e. The molecule has 0 unspecified atom stereocenters. The number of aliphatic hydroxyl groups is 1. The van der Waals surface area contributed by atoms with E-state index in [1.54, 1.807) is 6.92 Å². The molecule has 2 rings (SSSR count). The van der Waals surface area contributed by atoms with E-state index in [1.807, 2.05) is 30.3 Å². The van der Waals surface area contributed by atoms with Gasteiger partial charge in [0.15, 0.2) is 0 Å². The summed E-state index contributed by atoms with van der Waals surface area (Å²) in [7, 11) is 0. The Hall–Kier alpha value is -1.88. The molecule has 1 N–H and O–H groups in total. The summed E-state index contributed by atoms with van der Waals surface area (Å²) in [6.45, 7) is 2.04. The predicted molar refractivity (Wildman–Crippen MR) is 68.4 cm³/mol. The average molecular weight is 263 g/mol. The van der Waals surface area contributed by atoms with Gasteiger partial charge in [0.25, 0.3) is 0 Å². The van der Waals surface area contributed by atoms with Crippen LogP contribution in [0.15, 0.2) is 30.3 Å². The van der Waals surface area contributed by atoms with Crippen molar-refractivity contribution in [2.24, 2.45) is 5.92 Å². The third-order valence-electron chi connectivity index (χ3n) is 3.47. The highest BCUT2D eigenvalue weighted by atomic mass is 16.6. The van der Waals surface area contributed by atoms with Crippen LogP contribution in [0.25, 0.3) is 0 Å². The molecule has 1 aliphatic heterocycles. The van der Waals surface area contributed by atoms with Crippen molar-refractivity contribution >= 4 is 12.4 Å². The summed E-state index contributed by atoms with van der Waals surface area (Å²) in [5.41, 5.74) is 0.881. The molecule has 3 atom stereocenters. The topological polar surface area (TPSA) is 66.8 Å². The molecule has 1 aromatic carbocycles. The Kier molecular flexibility index (Phi) is 4.16. The highest BCUT2D eigenvalue weighted by Crippen LogP contribution is 2.24. The van der Waals surface area contributed by atoms with Gasteiger partial charge < -0.3 is 14.6 Å². The molecule has 0 aromatic heterocycles. The molecule has 1 fully saturated rings. The lowest BCUT2D eigenvalue weighted by Gasteiger charge is -2.21. The first kappa shape index (κ1) is 13.5. The molecule has 19 heavy (non-hydrogen) atoms. The minimum Gasteiger partial charge on any atom is -0.445 e. The molecule has 1 heterocycles. The number of aliphatic hydroxyl groups excluding tert-OH is 1. The quantitative estimate of drug-likeness (QED) is 0.832. The second kappa shape index (κ2) is 5.84. The number of benzene rings is 1. The molecule has 0 spiro atoms. The van der Waals surface area contributed by atoms with Gasteiger partial charge in [0.1, 0.15) is 12.9 Å². The molecule has 5 nitrogen and oxygen atoms in total. The van der Waals surface area contributed by atoms with Crippen LogP contribution in [0.4, 0.5) is 4.79 Å². The van der Waals surface area contributed by atoms with Crippen LogP contribution in [-0.2, 0) is 16.1 Å². The number of carbonyl (C=O) groups is 2. The summed E-state index contributed by atoms with van der Waals surface area (Å²) < 4.78 is 5.16. The lowest BCUT2D eigenvalue weighted by molar-refractivity contribution is -0.112. The third-order valence-corrected chi connectivity index (χ3v) is 3.47. The van der Waals surface area contributed by atoms with Gasteiger partial charge >= 0.3 is 6.09 Å². The highest BCUT2D eigenvalue weighted by molar-refractivity contribution is 5.74. The number of carbonyl (C=O) groups excluding carboxylic acids is 2. The second-order valence-electron chi connectivity index (χ2n) is 4.75. The standard InChI is InChI=1S/C14H17NO4/c1-10-12(8-16)15(7-13(10)17)14(18)19-9-11-5-3-2-4-6-11/h2-6,8,10,12-13,17H,7,9H2,1H3/t10-,12+,13-/m0/s1. The molecule has 0 bridgehead atoms. The van der Waals surface area contributed by atoms with Crippen LogP contribution in [-0.4, -0.2) is 41.1 Å². The first-order valence-electron chi connectivity index (χ1n) is 6.24. The molecular weight excluding hydrogens is 246 g/mol. The van der Waals surface area contributed by atoms with Gasteiger partial charge in [-0.15, -0.1) is 0 Å². The molecule has 102 valence electrons. The Morgan fingerprint density at radius 1 is 1.47 bits per heavy atom. The number of likely N-dealkylation sites (tertiary alicyclic amines) is 1. The first-order chi connectivity index (χ1) is 9.13. The normalized spacial score (nSPS) is 26.2. The van der Waals surface area contributed by atoms with Crippen molar-refractivity contribution in [1.29, 1.82) is 0 Å². The summed E-state index contributed by atoms with van der Waals surface area (Å²) in [6, 6.07) is 8.70. The van der Waals surface area contributed by atoms with E-state index in [1.165, 1.54) is 4.90 Å². The van der Waals surface area contributed by atoms with Gasteiger partial charge in [0, 0.05) is 5.92 Å². The van der Waals surface area contributed by atoms with Crippen LogP contribution in [0, 0.1) is 5.92 Å². The van der Waals surface area contributed by atoms with Gasteiger partial charge in [-0.25, -0.2) is 4.79 Å². The monoisotopic (exact) mass is 263 g/mol. The van der Waals surface area contributed by atoms with E-state index in [0.29, 0.717) is 6.29 Å². The number of nitrogens with zero attached hydrogens (tertiary/aromatic N) is 1. The van der Waals surface area contributed by atoms with Crippen LogP contribution in [0.3, 0.4) is 0 Å². The number of rotatable bonds is 3. The smallest absolute Gasteiger partial charge is 0.410 e. The highest BCUT2D eigenvalue weighted by Gasteiger charge is 2.41. The van der Waals surface area contributed by atoms with Crippen molar-refractivity contribution in [3.8, 4) is 0 Å². The van der Waals surface area contributed by atoms with E-state index in [9.17, 15) is 14.7 Å². The zero-order valence-electron chi connectivity index (χ0n) is 10.7. The number of hydrogen-bond donors (Lipinski definition) is 1. The summed E-state index contributed by atoms with van der Waals surface area (Å²) in [5.74, 6) is -0.262. The molecular formula is C14H17NO4. The first-order valence-corrected chi connectivity index (χ1v) is 6.24. The summed E-state index contributed by atoms with van der Waals surface area (Å²) in [4.78, 5) is 24.2. The Balaban J connectivity index is 1.95. The van der Waals surface area contributed by atoms with Crippen LogP contribution in [0.5, 0.6) is 0 Å². The van der Waals surface area contributed by atoms with Gasteiger partial charge in [-0.1, -0.05) is 37.3 Å². The lowest BCUT2D eigenvalue weighted by Crippen LogP contribution is -2.38. The van der Waals surface area contributed by atoms with Gasteiger partial charge in [0.05, 0.1) is 18.7 Å². The van der Waals surface area contributed by atoms with Crippen molar-refractivity contribution in [1.82, 2.24) is 4.90 Å². The van der Waals surface area contributed by atoms with E-state index in [4.69, 9.17) is 4.74 Å². The lowest BCUT2D eigenvalue weighted by atomic mass is 10.0. The van der Waals surface area contributed by atoms with E-state index >= 15 is 0 Å². The van der Waals surface area contributed by atoms with E-state index in [0.717, 1.165) is 5.56 Å². The number of hydrogen-bond acceptors (Lipinski definition) is 4. The fourth-order valence-corrected chi connectivity index (χ4v) is 2.20. The minimum absolute atomic E-state index is 0.137. The third kappa shape index (κ3) is 2.93. The number of ether oxygens (including phenoxy) is 1. The molecule has 1 aromatic rings. The summed E-state index contributed by atoms with van der Waals surface area (Å²) in [5, 5.41) is 9.70. The molecule has 1 saturated heterocycles. The number of aldehydes is 1. The maximum atomic E-state index is 11.9. The van der Waals surface area contributed by atoms with Gasteiger partial charge in [-0.3, -0.25) is 4.90 Å². The SMILES string of the molecule is C[C@H]1[C@@H](C=O)N(C(=O)OCc2ccccc2)C[C@@H]1O. The molecule has 0 saturated carbocycles. The van der Waals surface area contributed by atoms with Crippen molar-refractivity contribution in [3.05, 3.63) is 35.9 Å². The Bertz CT molecular complexity index is 448. The fraction of sp³-hybridized carbons (Fsp3) is 0.429. The number of amides is 1. The average Bonchev–Trinajstić information content (AvgIpc) is 2.73. The van der Waals surface area contributed by atoms with E-state index in [-0.39, 0.29) is 19.1 Å². The molecule has 5 heteroatoms. The fourth-order valence-electron chi connectivity index (χ4n) is 2.20. The van der Waals surface area contributed by atoms with E-state index in [2.05, 4.69) is 0 Å². The van der Waals surface area contributed by atoms with Crippen molar-refractivity contribution in [2.45, 2.75) is 25.7 Å².